The lowest BCUT2D eigenvalue weighted by atomic mass is 10.1. The van der Waals surface area contributed by atoms with Gasteiger partial charge in [-0.2, -0.15) is 0 Å². The summed E-state index contributed by atoms with van der Waals surface area (Å²) in [5.74, 6) is 0.980. The molecule has 1 heterocycles. The van der Waals surface area contributed by atoms with Crippen LogP contribution < -0.4 is 5.73 Å². The van der Waals surface area contributed by atoms with Gasteiger partial charge in [0.1, 0.15) is 12.4 Å². The van der Waals surface area contributed by atoms with Gasteiger partial charge in [0.15, 0.2) is 0 Å². The Balaban J connectivity index is 2.10. The van der Waals surface area contributed by atoms with Crippen molar-refractivity contribution in [3.8, 4) is 0 Å². The number of hydrogen-bond acceptors (Lipinski definition) is 4. The van der Waals surface area contributed by atoms with Gasteiger partial charge in [0.25, 0.3) is 0 Å². The van der Waals surface area contributed by atoms with Crippen molar-refractivity contribution in [2.75, 3.05) is 13.2 Å². The van der Waals surface area contributed by atoms with Gasteiger partial charge in [0.2, 0.25) is 0 Å². The summed E-state index contributed by atoms with van der Waals surface area (Å²) in [5, 5.41) is 4.90. The standard InChI is InChI=1S/C15H19ClN4O/c1-12-18-8-10-20(12)9-6-15(19-21-11-7-17)13-2-4-14(16)5-3-13/h2-5,8,10H,6-7,9,11,17H2,1H3. The highest BCUT2D eigenvalue weighted by Gasteiger charge is 2.07. The molecule has 0 unspecified atom stereocenters. The van der Waals surface area contributed by atoms with Crippen molar-refractivity contribution in [2.24, 2.45) is 10.9 Å². The lowest BCUT2D eigenvalue weighted by Gasteiger charge is -2.09. The maximum atomic E-state index is 5.92. The number of hydrogen-bond donors (Lipinski definition) is 1. The van der Waals surface area contributed by atoms with E-state index in [0.29, 0.717) is 18.2 Å². The van der Waals surface area contributed by atoms with Gasteiger partial charge in [-0.05, 0) is 24.6 Å². The second-order valence-electron chi connectivity index (χ2n) is 4.58. The second kappa shape index (κ2) is 7.81. The summed E-state index contributed by atoms with van der Waals surface area (Å²) in [6, 6.07) is 7.57. The molecule has 1 aromatic heterocycles. The Morgan fingerprint density at radius 3 is 2.76 bits per heavy atom. The summed E-state index contributed by atoms with van der Waals surface area (Å²) in [6.45, 7) is 3.61. The Morgan fingerprint density at radius 1 is 1.38 bits per heavy atom. The molecule has 0 aliphatic carbocycles. The predicted octanol–water partition coefficient (Wildman–Crippen LogP) is 2.61. The largest absolute Gasteiger partial charge is 0.394 e. The molecule has 112 valence electrons. The van der Waals surface area contributed by atoms with Crippen LogP contribution >= 0.6 is 11.6 Å². The van der Waals surface area contributed by atoms with E-state index in [9.17, 15) is 0 Å². The smallest absolute Gasteiger partial charge is 0.129 e. The molecule has 0 aliphatic rings. The molecule has 6 heteroatoms. The highest BCUT2D eigenvalue weighted by molar-refractivity contribution is 6.30. The molecular weight excluding hydrogens is 288 g/mol. The minimum Gasteiger partial charge on any atom is -0.394 e. The van der Waals surface area contributed by atoms with Crippen molar-refractivity contribution >= 4 is 17.3 Å². The van der Waals surface area contributed by atoms with Gasteiger partial charge in [-0.3, -0.25) is 0 Å². The normalized spacial score (nSPS) is 11.7. The van der Waals surface area contributed by atoms with E-state index >= 15 is 0 Å². The summed E-state index contributed by atoms with van der Waals surface area (Å²) >= 11 is 5.92. The molecule has 0 radical (unpaired) electrons. The van der Waals surface area contributed by atoms with E-state index in [4.69, 9.17) is 22.2 Å². The highest BCUT2D eigenvalue weighted by atomic mass is 35.5. The van der Waals surface area contributed by atoms with Crippen LogP contribution in [-0.4, -0.2) is 28.4 Å². The molecule has 2 rings (SSSR count). The van der Waals surface area contributed by atoms with Crippen LogP contribution in [-0.2, 0) is 11.4 Å². The molecule has 0 spiro atoms. The number of aromatic nitrogens is 2. The minimum atomic E-state index is 0.404. The van der Waals surface area contributed by atoms with Crippen molar-refractivity contribution in [2.45, 2.75) is 19.9 Å². The molecular formula is C15H19ClN4O. The van der Waals surface area contributed by atoms with E-state index in [1.165, 1.54) is 0 Å². The first-order valence-electron chi connectivity index (χ1n) is 6.83. The summed E-state index contributed by atoms with van der Waals surface area (Å²) in [4.78, 5) is 9.45. The average Bonchev–Trinajstić information content (AvgIpc) is 2.89. The molecule has 0 saturated carbocycles. The fourth-order valence-electron chi connectivity index (χ4n) is 1.93. The van der Waals surface area contributed by atoms with Crippen molar-refractivity contribution in [3.05, 3.63) is 53.1 Å². The molecule has 0 atom stereocenters. The zero-order chi connectivity index (χ0) is 15.1. The third-order valence-corrected chi connectivity index (χ3v) is 3.33. The second-order valence-corrected chi connectivity index (χ2v) is 5.02. The lowest BCUT2D eigenvalue weighted by Crippen LogP contribution is -2.11. The zero-order valence-electron chi connectivity index (χ0n) is 12.0. The first-order chi connectivity index (χ1) is 10.2. The Labute approximate surface area is 129 Å². The summed E-state index contributed by atoms with van der Waals surface area (Å²) < 4.78 is 2.08. The number of nitrogens with zero attached hydrogens (tertiary/aromatic N) is 3. The van der Waals surface area contributed by atoms with E-state index in [1.54, 1.807) is 6.20 Å². The molecule has 0 fully saturated rings. The SMILES string of the molecule is Cc1nccn1CCC(=NOCCN)c1ccc(Cl)cc1. The van der Waals surface area contributed by atoms with Gasteiger partial charge in [-0.1, -0.05) is 28.9 Å². The van der Waals surface area contributed by atoms with Crippen LogP contribution in [0.1, 0.15) is 17.8 Å². The maximum Gasteiger partial charge on any atom is 0.129 e. The van der Waals surface area contributed by atoms with E-state index in [1.807, 2.05) is 37.4 Å². The highest BCUT2D eigenvalue weighted by Crippen LogP contribution is 2.13. The first kappa shape index (κ1) is 15.5. The number of imidazole rings is 1. The maximum absolute atomic E-state index is 5.92. The topological polar surface area (TPSA) is 65.4 Å². The molecule has 0 bridgehead atoms. The molecule has 0 aliphatic heterocycles. The molecule has 0 amide bonds. The van der Waals surface area contributed by atoms with Gasteiger partial charge in [0, 0.05) is 36.9 Å². The molecule has 5 nitrogen and oxygen atoms in total. The van der Waals surface area contributed by atoms with Crippen molar-refractivity contribution in [1.29, 1.82) is 0 Å². The van der Waals surface area contributed by atoms with Gasteiger partial charge in [0.05, 0.1) is 5.71 Å². The fraction of sp³-hybridized carbons (Fsp3) is 0.333. The minimum absolute atomic E-state index is 0.404. The lowest BCUT2D eigenvalue weighted by molar-refractivity contribution is 0.151. The average molecular weight is 307 g/mol. The number of oxime groups is 1. The zero-order valence-corrected chi connectivity index (χ0v) is 12.8. The van der Waals surface area contributed by atoms with Crippen molar-refractivity contribution in [1.82, 2.24) is 9.55 Å². The van der Waals surface area contributed by atoms with Crippen LogP contribution in [0.2, 0.25) is 5.02 Å². The summed E-state index contributed by atoms with van der Waals surface area (Å²) in [5.41, 5.74) is 7.28. The molecule has 2 aromatic rings. The number of halogens is 1. The molecule has 0 saturated heterocycles. The number of nitrogens with two attached hydrogens (primary N) is 1. The number of rotatable bonds is 7. The van der Waals surface area contributed by atoms with Gasteiger partial charge in [-0.15, -0.1) is 0 Å². The summed E-state index contributed by atoms with van der Waals surface area (Å²) in [7, 11) is 0. The molecule has 2 N–H and O–H groups in total. The monoisotopic (exact) mass is 306 g/mol. The molecule has 21 heavy (non-hydrogen) atoms. The van der Waals surface area contributed by atoms with Gasteiger partial charge >= 0.3 is 0 Å². The van der Waals surface area contributed by atoms with Crippen LogP contribution in [0.4, 0.5) is 0 Å². The van der Waals surface area contributed by atoms with Crippen LogP contribution in [0.15, 0.2) is 41.8 Å². The van der Waals surface area contributed by atoms with Crippen molar-refractivity contribution in [3.63, 3.8) is 0 Å². The van der Waals surface area contributed by atoms with E-state index < -0.39 is 0 Å². The Hall–Kier alpha value is -1.85. The Bertz CT molecular complexity index is 592. The van der Waals surface area contributed by atoms with Crippen molar-refractivity contribution < 1.29 is 4.84 Å². The Morgan fingerprint density at radius 2 is 2.14 bits per heavy atom. The third-order valence-electron chi connectivity index (χ3n) is 3.07. The van der Waals surface area contributed by atoms with Crippen LogP contribution in [0.3, 0.4) is 0 Å². The Kier molecular flexibility index (Phi) is 5.78. The van der Waals surface area contributed by atoms with E-state index in [-0.39, 0.29) is 0 Å². The van der Waals surface area contributed by atoms with Gasteiger partial charge < -0.3 is 15.1 Å². The van der Waals surface area contributed by atoms with Crippen LogP contribution in [0.25, 0.3) is 0 Å². The van der Waals surface area contributed by atoms with Crippen LogP contribution in [0.5, 0.6) is 0 Å². The number of aryl methyl sites for hydroxylation is 2. The predicted molar refractivity (Wildman–Crippen MR) is 84.6 cm³/mol. The summed E-state index contributed by atoms with van der Waals surface area (Å²) in [6.07, 6.45) is 4.48. The number of benzene rings is 1. The molecule has 1 aromatic carbocycles. The van der Waals surface area contributed by atoms with E-state index in [0.717, 1.165) is 30.1 Å². The third kappa shape index (κ3) is 4.58. The van der Waals surface area contributed by atoms with Crippen LogP contribution in [0, 0.1) is 6.92 Å². The first-order valence-corrected chi connectivity index (χ1v) is 7.21. The van der Waals surface area contributed by atoms with E-state index in [2.05, 4.69) is 14.7 Å². The fourth-order valence-corrected chi connectivity index (χ4v) is 2.05. The van der Waals surface area contributed by atoms with Gasteiger partial charge in [-0.25, -0.2) is 4.98 Å². The quantitative estimate of drug-likeness (QED) is 0.486.